The number of amides is 1. The predicted molar refractivity (Wildman–Crippen MR) is 84.6 cm³/mol. The second kappa shape index (κ2) is 10.2. The number of nitrogens with one attached hydrogen (secondary N) is 1. The van der Waals surface area contributed by atoms with Crippen LogP contribution in [0.2, 0.25) is 0 Å². The molecule has 4 nitrogen and oxygen atoms in total. The first kappa shape index (κ1) is 17.4. The van der Waals surface area contributed by atoms with E-state index in [1.807, 2.05) is 0 Å². The molecule has 1 unspecified atom stereocenters. The number of hydrogen-bond acceptors (Lipinski definition) is 3. The molecule has 1 aliphatic rings. The van der Waals surface area contributed by atoms with Gasteiger partial charge in [0.15, 0.2) is 0 Å². The highest BCUT2D eigenvalue weighted by atomic mass is 16.1. The number of carbonyl (C=O) groups is 1. The normalized spacial score (nSPS) is 18.2. The van der Waals surface area contributed by atoms with Crippen LogP contribution in [0.3, 0.4) is 0 Å². The average Bonchev–Trinajstić information content (AvgIpc) is 2.49. The third-order valence-electron chi connectivity index (χ3n) is 4.48. The van der Waals surface area contributed by atoms with E-state index in [9.17, 15) is 4.79 Å². The molecule has 4 heteroatoms. The van der Waals surface area contributed by atoms with E-state index in [1.165, 1.54) is 32.1 Å². The lowest BCUT2D eigenvalue weighted by molar-refractivity contribution is -0.124. The van der Waals surface area contributed by atoms with Crippen LogP contribution in [0.4, 0.5) is 0 Å². The van der Waals surface area contributed by atoms with Gasteiger partial charge in [-0.05, 0) is 39.3 Å². The largest absolute Gasteiger partial charge is 0.356 e. The zero-order chi connectivity index (χ0) is 14.8. The highest BCUT2D eigenvalue weighted by Gasteiger charge is 2.18. The van der Waals surface area contributed by atoms with E-state index < -0.39 is 0 Å². The van der Waals surface area contributed by atoms with Gasteiger partial charge >= 0.3 is 0 Å². The van der Waals surface area contributed by atoms with E-state index in [2.05, 4.69) is 24.2 Å². The molecular formula is C16H33N3O. The fourth-order valence-corrected chi connectivity index (χ4v) is 3.09. The molecule has 1 aliphatic carbocycles. The van der Waals surface area contributed by atoms with Gasteiger partial charge in [-0.3, -0.25) is 4.79 Å². The lowest BCUT2D eigenvalue weighted by Gasteiger charge is -2.31. The molecule has 1 rings (SSSR count). The molecule has 0 heterocycles. The number of nitrogens with two attached hydrogens (primary N) is 1. The molecule has 1 fully saturated rings. The van der Waals surface area contributed by atoms with Crippen LogP contribution in [0.5, 0.6) is 0 Å². The Kier molecular flexibility index (Phi) is 8.86. The monoisotopic (exact) mass is 283 g/mol. The first-order valence-corrected chi connectivity index (χ1v) is 8.37. The highest BCUT2D eigenvalue weighted by Crippen LogP contribution is 2.21. The second-order valence-corrected chi connectivity index (χ2v) is 6.14. The Labute approximate surface area is 124 Å². The molecule has 0 bridgehead atoms. The van der Waals surface area contributed by atoms with Crippen molar-refractivity contribution in [3.8, 4) is 0 Å². The molecule has 0 saturated heterocycles. The van der Waals surface area contributed by atoms with Crippen LogP contribution in [0, 0.1) is 5.92 Å². The van der Waals surface area contributed by atoms with Crippen LogP contribution in [-0.4, -0.2) is 43.5 Å². The van der Waals surface area contributed by atoms with Gasteiger partial charge in [-0.1, -0.05) is 32.6 Å². The van der Waals surface area contributed by atoms with Crippen molar-refractivity contribution in [3.05, 3.63) is 0 Å². The molecule has 0 aliphatic heterocycles. The van der Waals surface area contributed by atoms with Crippen molar-refractivity contribution in [2.45, 2.75) is 64.3 Å². The van der Waals surface area contributed by atoms with Crippen molar-refractivity contribution >= 4 is 5.91 Å². The summed E-state index contributed by atoms with van der Waals surface area (Å²) in [6.45, 7) is 4.40. The van der Waals surface area contributed by atoms with Gasteiger partial charge < -0.3 is 16.0 Å². The van der Waals surface area contributed by atoms with Crippen molar-refractivity contribution in [1.29, 1.82) is 0 Å². The van der Waals surface area contributed by atoms with E-state index in [-0.39, 0.29) is 11.8 Å². The summed E-state index contributed by atoms with van der Waals surface area (Å²) in [5.41, 5.74) is 5.64. The van der Waals surface area contributed by atoms with E-state index in [0.717, 1.165) is 38.4 Å². The van der Waals surface area contributed by atoms with Crippen LogP contribution < -0.4 is 11.1 Å². The van der Waals surface area contributed by atoms with Crippen molar-refractivity contribution in [3.63, 3.8) is 0 Å². The summed E-state index contributed by atoms with van der Waals surface area (Å²) in [5.74, 6) is 0.130. The van der Waals surface area contributed by atoms with E-state index in [4.69, 9.17) is 5.73 Å². The fraction of sp³-hybridized carbons (Fsp3) is 0.938. The molecule has 0 radical (unpaired) electrons. The minimum Gasteiger partial charge on any atom is -0.356 e. The summed E-state index contributed by atoms with van der Waals surface area (Å²) in [5, 5.41) is 3.03. The molecular weight excluding hydrogens is 250 g/mol. The zero-order valence-corrected chi connectivity index (χ0v) is 13.4. The Morgan fingerprint density at radius 3 is 2.65 bits per heavy atom. The van der Waals surface area contributed by atoms with Crippen LogP contribution in [0.15, 0.2) is 0 Å². The molecule has 3 N–H and O–H groups in total. The highest BCUT2D eigenvalue weighted by molar-refractivity contribution is 5.78. The Bertz CT molecular complexity index is 264. The molecule has 1 saturated carbocycles. The van der Waals surface area contributed by atoms with Gasteiger partial charge in [0.25, 0.3) is 0 Å². The number of rotatable bonds is 9. The maximum atomic E-state index is 11.9. The molecule has 0 spiro atoms. The van der Waals surface area contributed by atoms with E-state index in [1.54, 1.807) is 0 Å². The lowest BCUT2D eigenvalue weighted by Crippen LogP contribution is -2.38. The number of nitrogens with zero attached hydrogens (tertiary/aromatic N) is 1. The lowest BCUT2D eigenvalue weighted by atomic mass is 9.94. The molecule has 118 valence electrons. The quantitative estimate of drug-likeness (QED) is 0.637. The van der Waals surface area contributed by atoms with Crippen molar-refractivity contribution in [1.82, 2.24) is 10.2 Å². The molecule has 1 amide bonds. The number of hydrogen-bond donors (Lipinski definition) is 2. The summed E-state index contributed by atoms with van der Waals surface area (Å²) in [7, 11) is 2.22. The van der Waals surface area contributed by atoms with Crippen LogP contribution >= 0.6 is 0 Å². The molecule has 0 aromatic heterocycles. The van der Waals surface area contributed by atoms with Gasteiger partial charge in [0.05, 0.1) is 5.92 Å². The average molecular weight is 283 g/mol. The van der Waals surface area contributed by atoms with Crippen molar-refractivity contribution in [2.75, 3.05) is 26.7 Å². The molecule has 0 aromatic rings. The summed E-state index contributed by atoms with van der Waals surface area (Å²) in [6.07, 6.45) is 9.77. The zero-order valence-electron chi connectivity index (χ0n) is 13.4. The Morgan fingerprint density at radius 1 is 1.35 bits per heavy atom. The van der Waals surface area contributed by atoms with Gasteiger partial charge in [0.2, 0.25) is 5.91 Å². The van der Waals surface area contributed by atoms with Gasteiger partial charge in [-0.2, -0.15) is 0 Å². The topological polar surface area (TPSA) is 58.4 Å². The molecule has 0 aromatic carbocycles. The Hall–Kier alpha value is -0.610. The maximum absolute atomic E-state index is 11.9. The van der Waals surface area contributed by atoms with E-state index in [0.29, 0.717) is 6.54 Å². The van der Waals surface area contributed by atoms with Crippen molar-refractivity contribution in [2.24, 2.45) is 11.7 Å². The predicted octanol–water partition coefficient (Wildman–Crippen LogP) is 2.13. The van der Waals surface area contributed by atoms with Gasteiger partial charge in [0.1, 0.15) is 0 Å². The first-order chi connectivity index (χ1) is 9.69. The first-order valence-electron chi connectivity index (χ1n) is 8.37. The van der Waals surface area contributed by atoms with E-state index >= 15 is 0 Å². The van der Waals surface area contributed by atoms with Crippen molar-refractivity contribution < 1.29 is 4.79 Å². The van der Waals surface area contributed by atoms with Crippen LogP contribution in [0.1, 0.15) is 58.3 Å². The maximum Gasteiger partial charge on any atom is 0.224 e. The molecule has 20 heavy (non-hydrogen) atoms. The smallest absolute Gasteiger partial charge is 0.224 e. The summed E-state index contributed by atoms with van der Waals surface area (Å²) in [4.78, 5) is 14.4. The Balaban J connectivity index is 2.12. The van der Waals surface area contributed by atoms with Crippen LogP contribution in [-0.2, 0) is 4.79 Å². The standard InChI is InChI=1S/C16H33N3O/c1-3-8-14(13-17)16(20)18-11-7-12-19(2)15-9-5-4-6-10-15/h14-15H,3-13,17H2,1-2H3,(H,18,20). The van der Waals surface area contributed by atoms with Gasteiger partial charge in [-0.25, -0.2) is 0 Å². The SMILES string of the molecule is CCCC(CN)C(=O)NCCCN(C)C1CCCCC1. The third kappa shape index (κ3) is 6.23. The Morgan fingerprint density at radius 2 is 2.05 bits per heavy atom. The summed E-state index contributed by atoms with van der Waals surface area (Å²) >= 11 is 0. The summed E-state index contributed by atoms with van der Waals surface area (Å²) in [6, 6.07) is 0.760. The minimum absolute atomic E-state index is 0.00364. The van der Waals surface area contributed by atoms with Gasteiger partial charge in [0, 0.05) is 19.1 Å². The molecule has 1 atom stereocenters. The minimum atomic E-state index is -0.00364. The number of carbonyl (C=O) groups excluding carboxylic acids is 1. The third-order valence-corrected chi connectivity index (χ3v) is 4.48. The van der Waals surface area contributed by atoms with Crippen LogP contribution in [0.25, 0.3) is 0 Å². The fourth-order valence-electron chi connectivity index (χ4n) is 3.09. The van der Waals surface area contributed by atoms with Gasteiger partial charge in [-0.15, -0.1) is 0 Å². The summed E-state index contributed by atoms with van der Waals surface area (Å²) < 4.78 is 0. The second-order valence-electron chi connectivity index (χ2n) is 6.14.